The van der Waals surface area contributed by atoms with Crippen molar-refractivity contribution in [2.24, 2.45) is 0 Å². The number of carboxylic acids is 1. The number of likely N-dealkylation sites (N-methyl/N-ethyl adjacent to an activating group) is 1. The monoisotopic (exact) mass is 386 g/mol. The molecule has 1 heterocycles. The summed E-state index contributed by atoms with van der Waals surface area (Å²) in [6.07, 6.45) is -1.36. The minimum absolute atomic E-state index is 0.0549. The number of aromatic nitrogens is 1. The van der Waals surface area contributed by atoms with E-state index in [1.165, 1.54) is 0 Å². The number of carboxylic acid groups (broad SMARTS) is 1. The minimum Gasteiger partial charge on any atom is -0.480 e. The highest BCUT2D eigenvalue weighted by Gasteiger charge is 2.44. The lowest BCUT2D eigenvalue weighted by Gasteiger charge is -2.25. The number of hydrogen-bond donors (Lipinski definition) is 1. The molecule has 0 bridgehead atoms. The fraction of sp³-hybridized carbons (Fsp3) is 0.400. The predicted molar refractivity (Wildman–Crippen MR) is 92.3 cm³/mol. The van der Waals surface area contributed by atoms with Gasteiger partial charge in [-0.25, -0.2) is 13.4 Å². The highest BCUT2D eigenvalue weighted by molar-refractivity contribution is 7.94. The molecule has 0 aliphatic rings. The number of aliphatic carboxylic acids is 1. The van der Waals surface area contributed by atoms with Crippen LogP contribution in [0.2, 0.25) is 0 Å². The summed E-state index contributed by atoms with van der Waals surface area (Å²) in [5.41, 5.74) is 0.465. The van der Waals surface area contributed by atoms with Gasteiger partial charge in [0.15, 0.2) is 0 Å². The number of nitrogens with zero attached hydrogens (tertiary/aromatic N) is 2. The Morgan fingerprint density at radius 2 is 1.96 bits per heavy atom. The van der Waals surface area contributed by atoms with Gasteiger partial charge in [-0.15, -0.1) is 11.3 Å². The van der Waals surface area contributed by atoms with Gasteiger partial charge in [-0.05, 0) is 26.2 Å². The predicted octanol–water partition coefficient (Wildman–Crippen LogP) is 1.02. The van der Waals surface area contributed by atoms with Crippen molar-refractivity contribution < 1.29 is 27.9 Å². The molecule has 0 saturated heterocycles. The molecule has 0 aliphatic carbocycles. The summed E-state index contributed by atoms with van der Waals surface area (Å²) < 4.78 is 31.1. The van der Waals surface area contributed by atoms with Crippen LogP contribution >= 0.6 is 11.3 Å². The van der Waals surface area contributed by atoms with E-state index in [1.54, 1.807) is 43.3 Å². The molecule has 2 aromatic rings. The lowest BCUT2D eigenvalue weighted by atomic mass is 10.2. The first kappa shape index (κ1) is 19.3. The molecule has 8 nitrogen and oxygen atoms in total. The molecule has 0 spiro atoms. The van der Waals surface area contributed by atoms with Crippen LogP contribution in [0.4, 0.5) is 0 Å². The van der Waals surface area contributed by atoms with E-state index in [4.69, 9.17) is 4.74 Å². The number of thiazole rings is 1. The standard InChI is InChI=1S/C15H18N2O6S2/c1-9(18)23-11(8-17(2)3)13(14(19)20)25(21,22)15-16-10-6-4-5-7-12(10)24-15/h4-7,11,13H,8H2,1-3H3,(H,19,20). The van der Waals surface area contributed by atoms with Crippen molar-refractivity contribution in [3.63, 3.8) is 0 Å². The Morgan fingerprint density at radius 3 is 2.48 bits per heavy atom. The van der Waals surface area contributed by atoms with Crippen LogP contribution in [0.25, 0.3) is 10.2 Å². The summed E-state index contributed by atoms with van der Waals surface area (Å²) in [6, 6.07) is 6.79. The number of ether oxygens (including phenoxy) is 1. The Labute approximate surface area is 149 Å². The van der Waals surface area contributed by atoms with Gasteiger partial charge in [0.05, 0.1) is 10.2 Å². The van der Waals surface area contributed by atoms with E-state index in [2.05, 4.69) is 4.98 Å². The van der Waals surface area contributed by atoms with Crippen molar-refractivity contribution in [1.29, 1.82) is 0 Å². The molecule has 1 aromatic heterocycles. The summed E-state index contributed by atoms with van der Waals surface area (Å²) in [4.78, 5) is 28.6. The van der Waals surface area contributed by atoms with Gasteiger partial charge in [0.1, 0.15) is 6.10 Å². The van der Waals surface area contributed by atoms with E-state index in [0.717, 1.165) is 18.3 Å². The SMILES string of the molecule is CC(=O)OC(CN(C)C)C(C(=O)O)S(=O)(=O)c1nc2ccccc2s1. The Hall–Kier alpha value is -2.04. The van der Waals surface area contributed by atoms with Crippen molar-refractivity contribution in [3.05, 3.63) is 24.3 Å². The average Bonchev–Trinajstić information content (AvgIpc) is 2.89. The highest BCUT2D eigenvalue weighted by Crippen LogP contribution is 2.29. The largest absolute Gasteiger partial charge is 0.480 e. The lowest BCUT2D eigenvalue weighted by Crippen LogP contribution is -2.47. The van der Waals surface area contributed by atoms with Crippen LogP contribution in [0.15, 0.2) is 28.6 Å². The molecule has 2 unspecified atom stereocenters. The number of carbonyl (C=O) groups excluding carboxylic acids is 1. The lowest BCUT2D eigenvalue weighted by molar-refractivity contribution is -0.150. The number of benzene rings is 1. The Bertz CT molecular complexity index is 857. The molecule has 0 radical (unpaired) electrons. The van der Waals surface area contributed by atoms with Gasteiger partial charge in [0.2, 0.25) is 19.4 Å². The number of hydrogen-bond acceptors (Lipinski definition) is 8. The van der Waals surface area contributed by atoms with Crippen LogP contribution in [0.1, 0.15) is 6.92 Å². The van der Waals surface area contributed by atoms with Crippen LogP contribution in [-0.2, 0) is 24.2 Å². The maximum atomic E-state index is 12.9. The molecule has 2 atom stereocenters. The van der Waals surface area contributed by atoms with Crippen LogP contribution < -0.4 is 0 Å². The molecule has 10 heteroatoms. The first-order valence-electron chi connectivity index (χ1n) is 7.27. The molecule has 0 fully saturated rings. The molecule has 136 valence electrons. The first-order chi connectivity index (χ1) is 11.6. The molecule has 0 aliphatic heterocycles. The number of esters is 1. The third kappa shape index (κ3) is 4.33. The zero-order valence-electron chi connectivity index (χ0n) is 13.9. The quantitative estimate of drug-likeness (QED) is 0.702. The second kappa shape index (κ2) is 7.46. The van der Waals surface area contributed by atoms with Crippen molar-refractivity contribution >= 4 is 43.3 Å². The van der Waals surface area contributed by atoms with E-state index < -0.39 is 33.1 Å². The number of fused-ring (bicyclic) bond motifs is 1. The Kier molecular flexibility index (Phi) is 5.76. The fourth-order valence-electron chi connectivity index (χ4n) is 2.34. The average molecular weight is 386 g/mol. The van der Waals surface area contributed by atoms with Crippen LogP contribution in [0, 0.1) is 0 Å². The summed E-state index contributed by atoms with van der Waals surface area (Å²) in [6.45, 7) is 1.05. The van der Waals surface area contributed by atoms with Gasteiger partial charge in [0, 0.05) is 13.5 Å². The molecule has 2 rings (SSSR count). The Morgan fingerprint density at radius 1 is 1.32 bits per heavy atom. The third-order valence-corrected chi connectivity index (χ3v) is 6.83. The molecular formula is C15H18N2O6S2. The number of rotatable bonds is 7. The molecule has 1 N–H and O–H groups in total. The van der Waals surface area contributed by atoms with E-state index in [9.17, 15) is 23.1 Å². The maximum absolute atomic E-state index is 12.9. The van der Waals surface area contributed by atoms with Crippen LogP contribution in [0.3, 0.4) is 0 Å². The van der Waals surface area contributed by atoms with E-state index in [1.807, 2.05) is 0 Å². The van der Waals surface area contributed by atoms with E-state index >= 15 is 0 Å². The molecule has 1 aromatic carbocycles. The van der Waals surface area contributed by atoms with Gasteiger partial charge < -0.3 is 14.7 Å². The first-order valence-corrected chi connectivity index (χ1v) is 9.63. The number of para-hydroxylation sites is 1. The summed E-state index contributed by atoms with van der Waals surface area (Å²) in [5.74, 6) is -2.34. The van der Waals surface area contributed by atoms with Crippen molar-refractivity contribution in [2.75, 3.05) is 20.6 Å². The Balaban J connectivity index is 2.51. The van der Waals surface area contributed by atoms with Crippen LogP contribution in [0.5, 0.6) is 0 Å². The minimum atomic E-state index is -4.35. The highest BCUT2D eigenvalue weighted by atomic mass is 32.2. The van der Waals surface area contributed by atoms with Crippen molar-refractivity contribution in [1.82, 2.24) is 9.88 Å². The van der Waals surface area contributed by atoms with Gasteiger partial charge in [0.25, 0.3) is 0 Å². The van der Waals surface area contributed by atoms with Crippen LogP contribution in [-0.4, -0.2) is 67.3 Å². The molecule has 0 saturated carbocycles. The van der Waals surface area contributed by atoms with Gasteiger partial charge in [-0.2, -0.15) is 0 Å². The fourth-order valence-corrected chi connectivity index (χ4v) is 5.33. The smallest absolute Gasteiger partial charge is 0.326 e. The summed E-state index contributed by atoms with van der Waals surface area (Å²) in [5, 5.41) is 7.58. The zero-order valence-corrected chi connectivity index (χ0v) is 15.5. The van der Waals surface area contributed by atoms with Crippen molar-refractivity contribution in [3.8, 4) is 0 Å². The third-order valence-electron chi connectivity index (χ3n) is 3.30. The number of sulfone groups is 1. The maximum Gasteiger partial charge on any atom is 0.326 e. The van der Waals surface area contributed by atoms with E-state index in [-0.39, 0.29) is 10.9 Å². The number of carbonyl (C=O) groups is 2. The topological polar surface area (TPSA) is 114 Å². The molecular weight excluding hydrogens is 368 g/mol. The molecule has 0 amide bonds. The van der Waals surface area contributed by atoms with E-state index in [0.29, 0.717) is 10.2 Å². The normalized spacial score (nSPS) is 14.4. The van der Waals surface area contributed by atoms with Crippen molar-refractivity contribution in [2.45, 2.75) is 22.6 Å². The zero-order chi connectivity index (χ0) is 18.8. The summed E-state index contributed by atoms with van der Waals surface area (Å²) >= 11 is 0.889. The molecule has 25 heavy (non-hydrogen) atoms. The van der Waals surface area contributed by atoms with Gasteiger partial charge in [-0.1, -0.05) is 12.1 Å². The van der Waals surface area contributed by atoms with Gasteiger partial charge >= 0.3 is 11.9 Å². The summed E-state index contributed by atoms with van der Waals surface area (Å²) in [7, 11) is -1.10. The van der Waals surface area contributed by atoms with Gasteiger partial charge in [-0.3, -0.25) is 9.59 Å². The second-order valence-corrected chi connectivity index (χ2v) is 8.94. The second-order valence-electron chi connectivity index (χ2n) is 5.66.